The van der Waals surface area contributed by atoms with Crippen LogP contribution in [0.5, 0.6) is 0 Å². The lowest BCUT2D eigenvalue weighted by Crippen LogP contribution is -2.32. The molecule has 2 nitrogen and oxygen atoms in total. The fourth-order valence-corrected chi connectivity index (χ4v) is 2.74. The van der Waals surface area contributed by atoms with Crippen LogP contribution in [0, 0.1) is 5.82 Å². The van der Waals surface area contributed by atoms with Crippen LogP contribution in [-0.4, -0.2) is 17.4 Å². The fraction of sp³-hybridized carbons (Fsp3) is 0.136. The van der Waals surface area contributed by atoms with Gasteiger partial charge in [0, 0.05) is 18.7 Å². The second-order valence-corrected chi connectivity index (χ2v) is 5.95. The van der Waals surface area contributed by atoms with Crippen molar-refractivity contribution in [1.82, 2.24) is 4.90 Å². The molecule has 0 saturated heterocycles. The van der Waals surface area contributed by atoms with Crippen molar-refractivity contribution in [3.63, 3.8) is 0 Å². The normalized spacial score (nSPS) is 10.4. The molecule has 0 aliphatic heterocycles. The molecule has 0 aromatic heterocycles. The van der Waals surface area contributed by atoms with Gasteiger partial charge in [0.1, 0.15) is 5.82 Å². The minimum atomic E-state index is -0.338. The SMILES string of the molecule is O=C(c1ccc(F)cc1)N(CCc1ccccc1)Cc1ccccc1. The zero-order valence-electron chi connectivity index (χ0n) is 13.9. The predicted molar refractivity (Wildman–Crippen MR) is 97.7 cm³/mol. The first-order valence-corrected chi connectivity index (χ1v) is 8.35. The molecule has 0 N–H and O–H groups in total. The fourth-order valence-electron chi connectivity index (χ4n) is 2.74. The monoisotopic (exact) mass is 333 g/mol. The zero-order chi connectivity index (χ0) is 17.5. The van der Waals surface area contributed by atoms with Crippen LogP contribution in [0.3, 0.4) is 0 Å². The van der Waals surface area contributed by atoms with Crippen molar-refractivity contribution in [2.45, 2.75) is 13.0 Å². The molecule has 0 unspecified atom stereocenters. The molecule has 0 atom stereocenters. The minimum absolute atomic E-state index is 0.0835. The summed E-state index contributed by atoms with van der Waals surface area (Å²) in [5.41, 5.74) is 2.77. The number of hydrogen-bond donors (Lipinski definition) is 0. The maximum absolute atomic E-state index is 13.1. The summed E-state index contributed by atoms with van der Waals surface area (Å²) in [7, 11) is 0. The van der Waals surface area contributed by atoms with Gasteiger partial charge in [0.25, 0.3) is 5.91 Å². The van der Waals surface area contributed by atoms with E-state index < -0.39 is 0 Å². The van der Waals surface area contributed by atoms with Crippen molar-refractivity contribution in [2.75, 3.05) is 6.54 Å². The van der Waals surface area contributed by atoms with Gasteiger partial charge in [0.15, 0.2) is 0 Å². The van der Waals surface area contributed by atoms with Crippen LogP contribution in [0.1, 0.15) is 21.5 Å². The second-order valence-electron chi connectivity index (χ2n) is 5.95. The average molecular weight is 333 g/mol. The Balaban J connectivity index is 1.77. The Labute approximate surface area is 147 Å². The molecule has 25 heavy (non-hydrogen) atoms. The highest BCUT2D eigenvalue weighted by Gasteiger charge is 2.16. The summed E-state index contributed by atoms with van der Waals surface area (Å²) in [6, 6.07) is 25.7. The van der Waals surface area contributed by atoms with E-state index in [9.17, 15) is 9.18 Å². The van der Waals surface area contributed by atoms with Gasteiger partial charge in [-0.2, -0.15) is 0 Å². The molecular weight excluding hydrogens is 313 g/mol. The van der Waals surface area contributed by atoms with Gasteiger partial charge in [-0.3, -0.25) is 4.79 Å². The van der Waals surface area contributed by atoms with E-state index in [1.54, 1.807) is 0 Å². The Bertz CT molecular complexity index is 800. The Kier molecular flexibility index (Phi) is 5.57. The van der Waals surface area contributed by atoms with Gasteiger partial charge in [-0.25, -0.2) is 4.39 Å². The molecule has 0 saturated carbocycles. The number of hydrogen-bond acceptors (Lipinski definition) is 1. The van der Waals surface area contributed by atoms with Crippen molar-refractivity contribution >= 4 is 5.91 Å². The summed E-state index contributed by atoms with van der Waals surface area (Å²) in [5, 5.41) is 0. The van der Waals surface area contributed by atoms with Crippen LogP contribution in [0.25, 0.3) is 0 Å². The molecule has 0 fully saturated rings. The molecule has 3 aromatic carbocycles. The van der Waals surface area contributed by atoms with E-state index in [4.69, 9.17) is 0 Å². The second kappa shape index (κ2) is 8.25. The molecule has 3 rings (SSSR count). The molecular formula is C22H20FNO. The van der Waals surface area contributed by atoms with Crippen LogP contribution in [0.15, 0.2) is 84.9 Å². The predicted octanol–water partition coefficient (Wildman–Crippen LogP) is 4.71. The van der Waals surface area contributed by atoms with E-state index >= 15 is 0 Å². The third-order valence-corrected chi connectivity index (χ3v) is 4.11. The van der Waals surface area contributed by atoms with Gasteiger partial charge in [-0.15, -0.1) is 0 Å². The number of halogens is 1. The summed E-state index contributed by atoms with van der Waals surface area (Å²) in [4.78, 5) is 14.7. The molecule has 3 heteroatoms. The maximum Gasteiger partial charge on any atom is 0.254 e. The number of carbonyl (C=O) groups excluding carboxylic acids is 1. The molecule has 0 aliphatic carbocycles. The molecule has 1 amide bonds. The van der Waals surface area contributed by atoms with Gasteiger partial charge >= 0.3 is 0 Å². The van der Waals surface area contributed by atoms with Gasteiger partial charge in [-0.05, 0) is 41.8 Å². The molecule has 0 heterocycles. The quantitative estimate of drug-likeness (QED) is 0.640. The summed E-state index contributed by atoms with van der Waals surface area (Å²) < 4.78 is 13.1. The lowest BCUT2D eigenvalue weighted by molar-refractivity contribution is 0.0745. The van der Waals surface area contributed by atoms with E-state index in [-0.39, 0.29) is 11.7 Å². The lowest BCUT2D eigenvalue weighted by Gasteiger charge is -2.23. The van der Waals surface area contributed by atoms with E-state index in [0.29, 0.717) is 18.7 Å². The van der Waals surface area contributed by atoms with Crippen molar-refractivity contribution in [1.29, 1.82) is 0 Å². The number of amides is 1. The smallest absolute Gasteiger partial charge is 0.254 e. The summed E-state index contributed by atoms with van der Waals surface area (Å²) in [5.74, 6) is -0.421. The van der Waals surface area contributed by atoms with Crippen LogP contribution in [0.4, 0.5) is 4.39 Å². The highest BCUT2D eigenvalue weighted by atomic mass is 19.1. The molecule has 0 spiro atoms. The first kappa shape index (κ1) is 16.9. The van der Waals surface area contributed by atoms with E-state index in [1.807, 2.05) is 53.4 Å². The molecule has 3 aromatic rings. The van der Waals surface area contributed by atoms with Crippen molar-refractivity contribution in [2.24, 2.45) is 0 Å². The van der Waals surface area contributed by atoms with Crippen LogP contribution < -0.4 is 0 Å². The Morgan fingerprint density at radius 2 is 1.32 bits per heavy atom. The zero-order valence-corrected chi connectivity index (χ0v) is 13.9. The number of benzene rings is 3. The molecule has 0 bridgehead atoms. The number of carbonyl (C=O) groups is 1. The lowest BCUT2D eigenvalue weighted by atomic mass is 10.1. The maximum atomic E-state index is 13.1. The average Bonchev–Trinajstić information content (AvgIpc) is 2.67. The van der Waals surface area contributed by atoms with E-state index in [0.717, 1.165) is 12.0 Å². The van der Waals surface area contributed by atoms with Crippen molar-refractivity contribution in [3.05, 3.63) is 107 Å². The molecule has 126 valence electrons. The van der Waals surface area contributed by atoms with Crippen LogP contribution in [0.2, 0.25) is 0 Å². The first-order chi connectivity index (χ1) is 12.2. The first-order valence-electron chi connectivity index (χ1n) is 8.35. The third kappa shape index (κ3) is 4.77. The van der Waals surface area contributed by atoms with Crippen LogP contribution >= 0.6 is 0 Å². The van der Waals surface area contributed by atoms with Crippen molar-refractivity contribution < 1.29 is 9.18 Å². The summed E-state index contributed by atoms with van der Waals surface area (Å²) in [6.07, 6.45) is 0.778. The van der Waals surface area contributed by atoms with Gasteiger partial charge in [-0.1, -0.05) is 60.7 Å². The van der Waals surface area contributed by atoms with Crippen LogP contribution in [-0.2, 0) is 13.0 Å². The number of nitrogens with zero attached hydrogens (tertiary/aromatic N) is 1. The largest absolute Gasteiger partial charge is 0.334 e. The summed E-state index contributed by atoms with van der Waals surface area (Å²) >= 11 is 0. The van der Waals surface area contributed by atoms with Gasteiger partial charge in [0.2, 0.25) is 0 Å². The van der Waals surface area contributed by atoms with E-state index in [1.165, 1.54) is 29.8 Å². The summed E-state index contributed by atoms with van der Waals surface area (Å²) in [6.45, 7) is 1.14. The Morgan fingerprint density at radius 3 is 1.92 bits per heavy atom. The number of rotatable bonds is 6. The Morgan fingerprint density at radius 1 is 0.760 bits per heavy atom. The molecule has 0 radical (unpaired) electrons. The third-order valence-electron chi connectivity index (χ3n) is 4.11. The van der Waals surface area contributed by atoms with Crippen molar-refractivity contribution in [3.8, 4) is 0 Å². The highest BCUT2D eigenvalue weighted by Crippen LogP contribution is 2.12. The minimum Gasteiger partial charge on any atom is -0.334 e. The van der Waals surface area contributed by atoms with Gasteiger partial charge in [0.05, 0.1) is 0 Å². The van der Waals surface area contributed by atoms with Gasteiger partial charge < -0.3 is 4.90 Å². The molecule has 0 aliphatic rings. The highest BCUT2D eigenvalue weighted by molar-refractivity contribution is 5.94. The standard InChI is InChI=1S/C22H20FNO/c23-21-13-11-20(12-14-21)22(25)24(17-19-9-5-2-6-10-19)16-15-18-7-3-1-4-8-18/h1-14H,15-17H2. The Hall–Kier alpha value is -2.94. The van der Waals surface area contributed by atoms with E-state index in [2.05, 4.69) is 12.1 Å². The topological polar surface area (TPSA) is 20.3 Å².